The van der Waals surface area contributed by atoms with Crippen molar-refractivity contribution in [1.82, 2.24) is 4.98 Å². The van der Waals surface area contributed by atoms with E-state index >= 15 is 0 Å². The van der Waals surface area contributed by atoms with E-state index in [0.717, 1.165) is 18.1 Å². The van der Waals surface area contributed by atoms with Crippen molar-refractivity contribution in [2.45, 2.75) is 70.7 Å². The summed E-state index contributed by atoms with van der Waals surface area (Å²) in [5.41, 5.74) is 2.40. The molecule has 0 aromatic carbocycles. The molecule has 112 valence electrons. The van der Waals surface area contributed by atoms with Gasteiger partial charge in [-0.25, -0.2) is 4.98 Å². The van der Waals surface area contributed by atoms with Crippen molar-refractivity contribution < 1.29 is 0 Å². The Morgan fingerprint density at radius 3 is 2.50 bits per heavy atom. The summed E-state index contributed by atoms with van der Waals surface area (Å²) in [6.45, 7) is 10.00. The third-order valence-electron chi connectivity index (χ3n) is 3.83. The third kappa shape index (κ3) is 3.88. The van der Waals surface area contributed by atoms with Crippen LogP contribution >= 0.6 is 11.6 Å². The minimum Gasteiger partial charge on any atom is -0.354 e. The molecule has 0 N–H and O–H groups in total. The lowest BCUT2D eigenvalue weighted by Gasteiger charge is -2.27. The molecule has 0 aliphatic heterocycles. The van der Waals surface area contributed by atoms with Crippen molar-refractivity contribution in [3.63, 3.8) is 0 Å². The van der Waals surface area contributed by atoms with E-state index in [1.807, 2.05) is 0 Å². The second-order valence-corrected chi connectivity index (χ2v) is 7.15. The molecule has 1 aromatic heterocycles. The van der Waals surface area contributed by atoms with E-state index in [2.05, 4.69) is 44.7 Å². The Labute approximate surface area is 128 Å². The average Bonchev–Trinajstić information content (AvgIpc) is 3.22. The van der Waals surface area contributed by atoms with Crippen LogP contribution in [-0.4, -0.2) is 17.6 Å². The molecule has 1 heterocycles. The van der Waals surface area contributed by atoms with Gasteiger partial charge in [0, 0.05) is 29.6 Å². The Bertz CT molecular complexity index is 447. The molecule has 0 unspecified atom stereocenters. The zero-order valence-corrected chi connectivity index (χ0v) is 14.0. The van der Waals surface area contributed by atoms with Crippen molar-refractivity contribution in [2.75, 3.05) is 11.4 Å². The van der Waals surface area contributed by atoms with Gasteiger partial charge in [-0.05, 0) is 37.0 Å². The predicted molar refractivity (Wildman–Crippen MR) is 87.8 cm³/mol. The highest BCUT2D eigenvalue weighted by atomic mass is 35.5. The molecule has 1 aliphatic rings. The number of hydrogen-bond donors (Lipinski definition) is 0. The van der Waals surface area contributed by atoms with Crippen molar-refractivity contribution in [3.8, 4) is 0 Å². The fourth-order valence-corrected chi connectivity index (χ4v) is 2.53. The van der Waals surface area contributed by atoms with Crippen molar-refractivity contribution >= 4 is 17.4 Å². The van der Waals surface area contributed by atoms with Crippen LogP contribution in [0.3, 0.4) is 0 Å². The molecule has 0 atom stereocenters. The molecule has 0 radical (unpaired) electrons. The molecule has 2 rings (SSSR count). The van der Waals surface area contributed by atoms with Gasteiger partial charge in [-0.1, -0.05) is 34.1 Å². The van der Waals surface area contributed by atoms with Gasteiger partial charge in [0.15, 0.2) is 0 Å². The highest BCUT2D eigenvalue weighted by molar-refractivity contribution is 6.17. The number of nitrogens with zero attached hydrogens (tertiary/aromatic N) is 2. The van der Waals surface area contributed by atoms with Crippen LogP contribution in [-0.2, 0) is 11.3 Å². The molecule has 0 bridgehead atoms. The summed E-state index contributed by atoms with van der Waals surface area (Å²) in [4.78, 5) is 7.43. The highest BCUT2D eigenvalue weighted by Crippen LogP contribution is 2.33. The second-order valence-electron chi connectivity index (χ2n) is 6.88. The number of hydrogen-bond acceptors (Lipinski definition) is 2. The standard InChI is InChI=1S/C17H27ClN2/c1-5-6-9-20(14-7-8-14)16-11-13(12-18)10-15(19-16)17(2,3)4/h10-11,14H,5-9,12H2,1-4H3. The van der Waals surface area contributed by atoms with Crippen LogP contribution in [0.2, 0.25) is 0 Å². The molecule has 0 spiro atoms. The Hall–Kier alpha value is -0.760. The number of halogens is 1. The van der Waals surface area contributed by atoms with Gasteiger partial charge in [0.1, 0.15) is 5.82 Å². The lowest BCUT2D eigenvalue weighted by Crippen LogP contribution is -2.29. The molecular weight excluding hydrogens is 268 g/mol. The van der Waals surface area contributed by atoms with E-state index in [4.69, 9.17) is 16.6 Å². The van der Waals surface area contributed by atoms with Crippen molar-refractivity contribution in [1.29, 1.82) is 0 Å². The maximum absolute atomic E-state index is 6.08. The van der Waals surface area contributed by atoms with E-state index in [-0.39, 0.29) is 5.41 Å². The minimum absolute atomic E-state index is 0.0663. The van der Waals surface area contributed by atoms with Gasteiger partial charge in [-0.3, -0.25) is 0 Å². The van der Waals surface area contributed by atoms with Gasteiger partial charge in [0.2, 0.25) is 0 Å². The van der Waals surface area contributed by atoms with Crippen molar-refractivity contribution in [3.05, 3.63) is 23.4 Å². The molecule has 0 amide bonds. The van der Waals surface area contributed by atoms with Crippen LogP contribution in [0.5, 0.6) is 0 Å². The molecule has 3 heteroatoms. The van der Waals surface area contributed by atoms with Gasteiger partial charge < -0.3 is 4.90 Å². The first-order valence-corrected chi connectivity index (χ1v) is 8.33. The summed E-state index contributed by atoms with van der Waals surface area (Å²) < 4.78 is 0. The topological polar surface area (TPSA) is 16.1 Å². The lowest BCUT2D eigenvalue weighted by atomic mass is 9.91. The smallest absolute Gasteiger partial charge is 0.129 e. The monoisotopic (exact) mass is 294 g/mol. The summed E-state index contributed by atoms with van der Waals surface area (Å²) in [6.07, 6.45) is 5.07. The molecule has 1 aliphatic carbocycles. The molecular formula is C17H27ClN2. The Kier molecular flexibility index (Phi) is 4.95. The average molecular weight is 295 g/mol. The first-order valence-electron chi connectivity index (χ1n) is 7.79. The molecule has 1 aromatic rings. The quantitative estimate of drug-likeness (QED) is 0.695. The van der Waals surface area contributed by atoms with Crippen LogP contribution in [0.4, 0.5) is 5.82 Å². The fourth-order valence-electron chi connectivity index (χ4n) is 2.38. The maximum atomic E-state index is 6.08. The number of rotatable bonds is 6. The van der Waals surface area contributed by atoms with E-state index in [1.54, 1.807) is 0 Å². The summed E-state index contributed by atoms with van der Waals surface area (Å²) in [5, 5.41) is 0. The van der Waals surface area contributed by atoms with Crippen LogP contribution in [0.1, 0.15) is 64.6 Å². The van der Waals surface area contributed by atoms with Crippen LogP contribution in [0.25, 0.3) is 0 Å². The van der Waals surface area contributed by atoms with E-state index in [9.17, 15) is 0 Å². The van der Waals surface area contributed by atoms with Gasteiger partial charge in [0.25, 0.3) is 0 Å². The summed E-state index contributed by atoms with van der Waals surface area (Å²) in [5.74, 6) is 1.69. The molecule has 20 heavy (non-hydrogen) atoms. The van der Waals surface area contributed by atoms with Crippen LogP contribution in [0, 0.1) is 0 Å². The zero-order valence-electron chi connectivity index (χ0n) is 13.2. The third-order valence-corrected chi connectivity index (χ3v) is 4.14. The van der Waals surface area contributed by atoms with E-state index < -0.39 is 0 Å². The van der Waals surface area contributed by atoms with Gasteiger partial charge >= 0.3 is 0 Å². The zero-order chi connectivity index (χ0) is 14.8. The predicted octanol–water partition coefficient (Wildman–Crippen LogP) is 4.89. The van der Waals surface area contributed by atoms with E-state index in [0.29, 0.717) is 11.9 Å². The Morgan fingerprint density at radius 1 is 1.30 bits per heavy atom. The normalized spacial score (nSPS) is 15.4. The summed E-state index contributed by atoms with van der Waals surface area (Å²) in [6, 6.07) is 5.03. The number of unbranched alkanes of at least 4 members (excludes halogenated alkanes) is 1. The summed E-state index contributed by atoms with van der Waals surface area (Å²) >= 11 is 6.08. The first-order chi connectivity index (χ1) is 9.45. The lowest BCUT2D eigenvalue weighted by molar-refractivity contribution is 0.565. The molecule has 1 fully saturated rings. The van der Waals surface area contributed by atoms with Gasteiger partial charge in [0.05, 0.1) is 0 Å². The van der Waals surface area contributed by atoms with Crippen LogP contribution < -0.4 is 4.90 Å². The number of pyridine rings is 1. The molecule has 0 saturated heterocycles. The summed E-state index contributed by atoms with van der Waals surface area (Å²) in [7, 11) is 0. The van der Waals surface area contributed by atoms with Gasteiger partial charge in [-0.2, -0.15) is 0 Å². The molecule has 1 saturated carbocycles. The SMILES string of the molecule is CCCCN(c1cc(CCl)cc(C(C)(C)C)n1)C1CC1. The number of aromatic nitrogens is 1. The van der Waals surface area contributed by atoms with Gasteiger partial charge in [-0.15, -0.1) is 11.6 Å². The Morgan fingerprint density at radius 2 is 2.00 bits per heavy atom. The Balaban J connectivity index is 2.32. The number of alkyl halides is 1. The van der Waals surface area contributed by atoms with Crippen molar-refractivity contribution in [2.24, 2.45) is 0 Å². The first kappa shape index (κ1) is 15.6. The highest BCUT2D eigenvalue weighted by Gasteiger charge is 2.30. The minimum atomic E-state index is 0.0663. The van der Waals surface area contributed by atoms with Crippen LogP contribution in [0.15, 0.2) is 12.1 Å². The molecule has 2 nitrogen and oxygen atoms in total. The number of anilines is 1. The maximum Gasteiger partial charge on any atom is 0.129 e. The fraction of sp³-hybridized carbons (Fsp3) is 0.706. The largest absolute Gasteiger partial charge is 0.354 e. The van der Waals surface area contributed by atoms with E-state index in [1.165, 1.54) is 31.2 Å². The second kappa shape index (κ2) is 6.34.